The lowest BCUT2D eigenvalue weighted by Crippen LogP contribution is -2.66. The molecule has 1 saturated heterocycles. The van der Waals surface area contributed by atoms with Crippen molar-refractivity contribution in [2.75, 3.05) is 18.9 Å². The molecule has 3 atom stereocenters. The second-order valence-electron chi connectivity index (χ2n) is 9.98. The number of likely N-dealkylation sites (N-methyl/N-ethyl adjacent to an activating group) is 1. The maximum atomic E-state index is 11.0. The molecule has 3 aliphatic rings. The number of phenols is 1. The molecule has 6 rings (SSSR count). The van der Waals surface area contributed by atoms with Gasteiger partial charge in [0, 0.05) is 22.5 Å². The Labute approximate surface area is 177 Å². The van der Waals surface area contributed by atoms with Gasteiger partial charge in [-0.25, -0.2) is 0 Å². The van der Waals surface area contributed by atoms with Gasteiger partial charge >= 0.3 is 0 Å². The minimum atomic E-state index is 0.210. The zero-order valence-electron chi connectivity index (χ0n) is 17.8. The quantitative estimate of drug-likeness (QED) is 0.523. The minimum absolute atomic E-state index is 0.210. The van der Waals surface area contributed by atoms with Crippen LogP contribution in [-0.2, 0) is 11.8 Å². The van der Waals surface area contributed by atoms with Crippen LogP contribution in [0.15, 0.2) is 36.5 Å². The van der Waals surface area contributed by atoms with Crippen LogP contribution in [0.3, 0.4) is 0 Å². The summed E-state index contributed by atoms with van der Waals surface area (Å²) in [7, 11) is 2.30. The minimum Gasteiger partial charge on any atom is -0.506 e. The van der Waals surface area contributed by atoms with Crippen LogP contribution in [0.25, 0.3) is 10.9 Å². The van der Waals surface area contributed by atoms with Gasteiger partial charge in [-0.15, -0.1) is 0 Å². The van der Waals surface area contributed by atoms with E-state index in [2.05, 4.69) is 52.6 Å². The molecule has 3 aromatic rings. The van der Waals surface area contributed by atoms with E-state index >= 15 is 0 Å². The van der Waals surface area contributed by atoms with Crippen LogP contribution in [-0.4, -0.2) is 39.8 Å². The molecular formula is C25H30N4O. The smallest absolute Gasteiger partial charge is 0.139 e. The zero-order chi connectivity index (χ0) is 20.5. The summed E-state index contributed by atoms with van der Waals surface area (Å²) < 4.78 is 0. The molecule has 2 fully saturated rings. The second kappa shape index (κ2) is 6.24. The van der Waals surface area contributed by atoms with E-state index in [1.54, 1.807) is 0 Å². The summed E-state index contributed by atoms with van der Waals surface area (Å²) in [6.45, 7) is 3.68. The van der Waals surface area contributed by atoms with Gasteiger partial charge in [0.2, 0.25) is 0 Å². The molecule has 1 saturated carbocycles. The van der Waals surface area contributed by atoms with Crippen LogP contribution in [0.5, 0.6) is 5.75 Å². The first-order valence-electron chi connectivity index (χ1n) is 11.3. The van der Waals surface area contributed by atoms with E-state index in [1.807, 2.05) is 18.3 Å². The Hall–Kier alpha value is -2.53. The van der Waals surface area contributed by atoms with Crippen molar-refractivity contribution >= 4 is 22.3 Å². The Kier molecular flexibility index (Phi) is 3.80. The lowest BCUT2D eigenvalue weighted by atomic mass is 9.45. The number of fused-ring (bicyclic) bond motifs is 2. The molecule has 30 heavy (non-hydrogen) atoms. The number of phenolic OH excluding ortho intramolecular Hbond substituents is 1. The Morgan fingerprint density at radius 3 is 2.93 bits per heavy atom. The van der Waals surface area contributed by atoms with Crippen molar-refractivity contribution in [3.63, 3.8) is 0 Å². The van der Waals surface area contributed by atoms with Crippen molar-refractivity contribution < 1.29 is 5.11 Å². The summed E-state index contributed by atoms with van der Waals surface area (Å²) in [6, 6.07) is 11.0. The van der Waals surface area contributed by atoms with Crippen LogP contribution >= 0.6 is 0 Å². The number of likely N-dealkylation sites (tertiary alicyclic amines) is 1. The summed E-state index contributed by atoms with van der Waals surface area (Å²) >= 11 is 0. The fourth-order valence-corrected chi connectivity index (χ4v) is 7.04. The summed E-state index contributed by atoms with van der Waals surface area (Å²) in [4.78, 5) is 2.60. The predicted molar refractivity (Wildman–Crippen MR) is 120 cm³/mol. The molecule has 2 aliphatic carbocycles. The Morgan fingerprint density at radius 1 is 1.17 bits per heavy atom. The summed E-state index contributed by atoms with van der Waals surface area (Å²) in [5.41, 5.74) is 6.13. The molecule has 1 aromatic heterocycles. The average molecular weight is 403 g/mol. The lowest BCUT2D eigenvalue weighted by Gasteiger charge is -2.65. The predicted octanol–water partition coefficient (Wildman–Crippen LogP) is 5.09. The molecule has 5 nitrogen and oxygen atoms in total. The number of benzene rings is 2. The number of H-pyrrole nitrogens is 1. The van der Waals surface area contributed by atoms with Crippen LogP contribution < -0.4 is 5.32 Å². The highest BCUT2D eigenvalue weighted by molar-refractivity contribution is 5.83. The van der Waals surface area contributed by atoms with E-state index in [4.69, 9.17) is 0 Å². The molecule has 0 unspecified atom stereocenters. The number of aromatic nitrogens is 2. The van der Waals surface area contributed by atoms with E-state index in [9.17, 15) is 5.11 Å². The average Bonchev–Trinajstić information content (AvgIpc) is 3.20. The van der Waals surface area contributed by atoms with Crippen molar-refractivity contribution in [1.82, 2.24) is 15.1 Å². The molecule has 3 N–H and O–H groups in total. The maximum Gasteiger partial charge on any atom is 0.139 e. The van der Waals surface area contributed by atoms with Crippen LogP contribution in [0.4, 0.5) is 11.4 Å². The number of hydrogen-bond acceptors (Lipinski definition) is 4. The summed E-state index contributed by atoms with van der Waals surface area (Å²) in [5, 5.41) is 22.6. The normalized spacial score (nSPS) is 30.7. The van der Waals surface area contributed by atoms with E-state index in [1.165, 1.54) is 43.2 Å². The van der Waals surface area contributed by atoms with Crippen molar-refractivity contribution in [1.29, 1.82) is 0 Å². The van der Waals surface area contributed by atoms with Crippen LogP contribution in [0.1, 0.15) is 50.2 Å². The molecule has 2 aromatic carbocycles. The molecule has 0 amide bonds. The highest BCUT2D eigenvalue weighted by Crippen LogP contribution is 2.63. The number of nitrogens with one attached hydrogen (secondary N) is 2. The van der Waals surface area contributed by atoms with Gasteiger partial charge in [-0.3, -0.25) is 5.10 Å². The molecule has 0 radical (unpaired) electrons. The van der Waals surface area contributed by atoms with Gasteiger partial charge in [0.05, 0.1) is 17.4 Å². The van der Waals surface area contributed by atoms with Crippen molar-refractivity contribution in [3.8, 4) is 5.75 Å². The molecular weight excluding hydrogens is 372 g/mol. The zero-order valence-corrected chi connectivity index (χ0v) is 17.8. The number of hydrogen-bond donors (Lipinski definition) is 3. The first kappa shape index (κ1) is 18.3. The molecule has 2 heterocycles. The number of nitrogens with zero attached hydrogens (tertiary/aromatic N) is 2. The van der Waals surface area contributed by atoms with Gasteiger partial charge in [0.15, 0.2) is 0 Å². The Bertz CT molecular complexity index is 1140. The lowest BCUT2D eigenvalue weighted by molar-refractivity contribution is -0.0735. The third-order valence-corrected chi connectivity index (χ3v) is 8.67. The summed E-state index contributed by atoms with van der Waals surface area (Å²) in [6.07, 6.45) is 9.29. The van der Waals surface area contributed by atoms with Gasteiger partial charge in [0.25, 0.3) is 0 Å². The highest BCUT2D eigenvalue weighted by atomic mass is 16.3. The number of rotatable bonds is 2. The van der Waals surface area contributed by atoms with E-state index in [0.717, 1.165) is 35.2 Å². The number of piperidine rings is 1. The van der Waals surface area contributed by atoms with Crippen molar-refractivity contribution in [2.45, 2.75) is 56.9 Å². The topological polar surface area (TPSA) is 64.2 Å². The van der Waals surface area contributed by atoms with Crippen molar-refractivity contribution in [2.24, 2.45) is 5.41 Å². The first-order chi connectivity index (χ1) is 14.5. The fourth-order valence-electron chi connectivity index (χ4n) is 7.04. The van der Waals surface area contributed by atoms with E-state index < -0.39 is 0 Å². The Morgan fingerprint density at radius 2 is 2.03 bits per heavy atom. The van der Waals surface area contributed by atoms with E-state index in [-0.39, 0.29) is 5.41 Å². The Balaban J connectivity index is 1.44. The maximum absolute atomic E-state index is 11.0. The van der Waals surface area contributed by atoms with E-state index in [0.29, 0.717) is 17.2 Å². The van der Waals surface area contributed by atoms with Crippen LogP contribution in [0, 0.1) is 5.41 Å². The summed E-state index contributed by atoms with van der Waals surface area (Å²) in [5.74, 6) is 0.362. The molecule has 5 heteroatoms. The van der Waals surface area contributed by atoms with Crippen LogP contribution in [0.2, 0.25) is 0 Å². The number of aromatic amines is 1. The largest absolute Gasteiger partial charge is 0.506 e. The number of anilines is 2. The molecule has 156 valence electrons. The third kappa shape index (κ3) is 2.36. The van der Waals surface area contributed by atoms with Gasteiger partial charge < -0.3 is 15.3 Å². The highest BCUT2D eigenvalue weighted by Gasteiger charge is 2.60. The van der Waals surface area contributed by atoms with Gasteiger partial charge in [0.1, 0.15) is 5.75 Å². The number of aromatic hydroxyl groups is 1. The second-order valence-corrected chi connectivity index (χ2v) is 9.98. The molecule has 2 bridgehead atoms. The SMILES string of the molecule is CN1CC[C@@]23CCCC[C@]2(C)[C@@H]1Cc1cc(Nc2ccc4[nH]ncc4c2)c(O)cc13. The third-order valence-electron chi connectivity index (χ3n) is 8.67. The monoisotopic (exact) mass is 402 g/mol. The fraction of sp³-hybridized carbons (Fsp3) is 0.480. The first-order valence-corrected chi connectivity index (χ1v) is 11.3. The van der Waals surface area contributed by atoms with Crippen molar-refractivity contribution in [3.05, 3.63) is 47.7 Å². The molecule has 1 aliphatic heterocycles. The molecule has 0 spiro atoms. The van der Waals surface area contributed by atoms with Gasteiger partial charge in [-0.1, -0.05) is 19.8 Å². The van der Waals surface area contributed by atoms with Gasteiger partial charge in [-0.2, -0.15) is 5.10 Å². The van der Waals surface area contributed by atoms with Gasteiger partial charge in [-0.05, 0) is 86.1 Å². The standard InChI is InChI=1S/C25H30N4O/c1-24-7-3-4-8-25(24)9-10-29(2)23(24)13-16-12-21(22(30)14-19(16)25)27-18-5-6-20-17(11-18)15-26-28-20/h5-6,11-12,14-15,23,27,30H,3-4,7-10,13H2,1-2H3,(H,26,28)/t23-,24+,25+/m0/s1.